The number of nitrogens with zero attached hydrogens (tertiary/aromatic N) is 4. The van der Waals surface area contributed by atoms with Gasteiger partial charge in [-0.25, -0.2) is 0 Å². The molecule has 0 unspecified atom stereocenters. The van der Waals surface area contributed by atoms with Crippen molar-refractivity contribution >= 4 is 11.6 Å². The molecule has 5 nitrogen and oxygen atoms in total. The highest BCUT2D eigenvalue weighted by Gasteiger charge is 2.11. The zero-order valence-electron chi connectivity index (χ0n) is 11.4. The minimum Gasteiger partial charge on any atom is -0.324 e. The Bertz CT molecular complexity index is 752. The van der Waals surface area contributed by atoms with Gasteiger partial charge in [-0.3, -0.25) is 0 Å². The molecule has 1 atom stereocenters. The lowest BCUT2D eigenvalue weighted by molar-refractivity contribution is 0.718. The monoisotopic (exact) mass is 299 g/mol. The standard InChI is InChI=1S/C15H14ClN5/c1-10(17)12-7-8-14(13(16)9-12)21-19-15(18-20-21)11-5-3-2-4-6-11/h2-10H,17H2,1H3/t10-/m0/s1. The molecule has 0 saturated carbocycles. The van der Waals surface area contributed by atoms with E-state index in [1.165, 1.54) is 4.80 Å². The van der Waals surface area contributed by atoms with Crippen LogP contribution in [0.25, 0.3) is 17.1 Å². The van der Waals surface area contributed by atoms with Crippen LogP contribution in [0.2, 0.25) is 5.02 Å². The van der Waals surface area contributed by atoms with Crippen LogP contribution < -0.4 is 5.73 Å². The molecule has 0 radical (unpaired) electrons. The number of tetrazole rings is 1. The van der Waals surface area contributed by atoms with Crippen molar-refractivity contribution in [1.29, 1.82) is 0 Å². The van der Waals surface area contributed by atoms with Crippen molar-refractivity contribution in [3.63, 3.8) is 0 Å². The Morgan fingerprint density at radius 1 is 1.14 bits per heavy atom. The second-order valence-electron chi connectivity index (χ2n) is 4.77. The van der Waals surface area contributed by atoms with E-state index < -0.39 is 0 Å². The number of rotatable bonds is 3. The molecule has 2 aromatic carbocycles. The van der Waals surface area contributed by atoms with Crippen LogP contribution in [-0.4, -0.2) is 20.2 Å². The first-order valence-electron chi connectivity index (χ1n) is 6.56. The summed E-state index contributed by atoms with van der Waals surface area (Å²) < 4.78 is 0. The first kappa shape index (κ1) is 13.7. The molecule has 3 rings (SSSR count). The van der Waals surface area contributed by atoms with E-state index in [0.717, 1.165) is 11.1 Å². The van der Waals surface area contributed by atoms with E-state index in [0.29, 0.717) is 16.5 Å². The Kier molecular flexibility index (Phi) is 3.68. The van der Waals surface area contributed by atoms with Gasteiger partial charge in [0.25, 0.3) is 0 Å². The summed E-state index contributed by atoms with van der Waals surface area (Å²) in [6, 6.07) is 15.2. The SMILES string of the molecule is C[C@H](N)c1ccc(-n2nnc(-c3ccccc3)n2)c(Cl)c1. The van der Waals surface area contributed by atoms with Gasteiger partial charge in [-0.2, -0.15) is 0 Å². The average molecular weight is 300 g/mol. The highest BCUT2D eigenvalue weighted by molar-refractivity contribution is 6.32. The maximum absolute atomic E-state index is 6.28. The van der Waals surface area contributed by atoms with Crippen LogP contribution in [-0.2, 0) is 0 Å². The maximum atomic E-state index is 6.28. The third kappa shape index (κ3) is 2.79. The van der Waals surface area contributed by atoms with Gasteiger partial charge in [0, 0.05) is 11.6 Å². The molecule has 0 saturated heterocycles. The minimum absolute atomic E-state index is 0.0693. The number of hydrogen-bond acceptors (Lipinski definition) is 4. The fraction of sp³-hybridized carbons (Fsp3) is 0.133. The Hall–Kier alpha value is -2.24. The normalized spacial score (nSPS) is 12.3. The molecular formula is C15H14ClN5. The molecule has 0 aliphatic carbocycles. The minimum atomic E-state index is -0.0693. The second-order valence-corrected chi connectivity index (χ2v) is 5.18. The van der Waals surface area contributed by atoms with Gasteiger partial charge in [-0.15, -0.1) is 15.0 Å². The average Bonchev–Trinajstić information content (AvgIpc) is 2.97. The predicted molar refractivity (Wildman–Crippen MR) is 82.2 cm³/mol. The maximum Gasteiger partial charge on any atom is 0.205 e. The van der Waals surface area contributed by atoms with Crippen LogP contribution in [0.5, 0.6) is 0 Å². The van der Waals surface area contributed by atoms with Crippen molar-refractivity contribution in [3.8, 4) is 17.1 Å². The highest BCUT2D eigenvalue weighted by atomic mass is 35.5. The summed E-state index contributed by atoms with van der Waals surface area (Å²) in [4.78, 5) is 1.43. The van der Waals surface area contributed by atoms with Crippen molar-refractivity contribution < 1.29 is 0 Å². The van der Waals surface area contributed by atoms with E-state index >= 15 is 0 Å². The van der Waals surface area contributed by atoms with E-state index in [1.54, 1.807) is 0 Å². The van der Waals surface area contributed by atoms with Crippen LogP contribution in [0.1, 0.15) is 18.5 Å². The lowest BCUT2D eigenvalue weighted by Crippen LogP contribution is -2.06. The van der Waals surface area contributed by atoms with Crippen LogP contribution in [0, 0.1) is 0 Å². The van der Waals surface area contributed by atoms with Gasteiger partial charge in [-0.05, 0) is 29.8 Å². The fourth-order valence-electron chi connectivity index (χ4n) is 1.99. The van der Waals surface area contributed by atoms with Gasteiger partial charge in [-0.1, -0.05) is 48.0 Å². The van der Waals surface area contributed by atoms with E-state index in [4.69, 9.17) is 17.3 Å². The Morgan fingerprint density at radius 3 is 2.57 bits per heavy atom. The van der Waals surface area contributed by atoms with Gasteiger partial charge in [0.15, 0.2) is 0 Å². The van der Waals surface area contributed by atoms with E-state index in [9.17, 15) is 0 Å². The Labute approximate surface area is 127 Å². The van der Waals surface area contributed by atoms with Gasteiger partial charge in [0.2, 0.25) is 5.82 Å². The van der Waals surface area contributed by atoms with Gasteiger partial charge >= 0.3 is 0 Å². The van der Waals surface area contributed by atoms with E-state index in [1.807, 2.05) is 55.5 Å². The second kappa shape index (κ2) is 5.63. The van der Waals surface area contributed by atoms with Crippen molar-refractivity contribution in [2.24, 2.45) is 5.73 Å². The molecule has 1 aromatic heterocycles. The molecule has 6 heteroatoms. The molecule has 21 heavy (non-hydrogen) atoms. The topological polar surface area (TPSA) is 69.6 Å². The molecule has 0 fully saturated rings. The smallest absolute Gasteiger partial charge is 0.205 e. The summed E-state index contributed by atoms with van der Waals surface area (Å²) in [5, 5.41) is 13.0. The molecule has 106 valence electrons. The third-order valence-corrected chi connectivity index (χ3v) is 3.46. The first-order valence-corrected chi connectivity index (χ1v) is 6.94. The van der Waals surface area contributed by atoms with Gasteiger partial charge in [0.05, 0.1) is 5.02 Å². The molecule has 0 spiro atoms. The molecule has 3 aromatic rings. The molecule has 0 amide bonds. The fourth-order valence-corrected chi connectivity index (χ4v) is 2.25. The Balaban J connectivity index is 1.97. The summed E-state index contributed by atoms with van der Waals surface area (Å²) in [5.41, 5.74) is 8.39. The highest BCUT2D eigenvalue weighted by Crippen LogP contribution is 2.24. The van der Waals surface area contributed by atoms with Crippen LogP contribution in [0.3, 0.4) is 0 Å². The van der Waals surface area contributed by atoms with E-state index in [2.05, 4.69) is 15.4 Å². The summed E-state index contributed by atoms with van der Waals surface area (Å²) in [6.45, 7) is 1.91. The van der Waals surface area contributed by atoms with Crippen molar-refractivity contribution in [1.82, 2.24) is 20.2 Å². The third-order valence-electron chi connectivity index (χ3n) is 3.16. The predicted octanol–water partition coefficient (Wildman–Crippen LogP) is 3.00. The van der Waals surface area contributed by atoms with Gasteiger partial charge in [0.1, 0.15) is 5.69 Å². The van der Waals surface area contributed by atoms with Gasteiger partial charge < -0.3 is 5.73 Å². The Morgan fingerprint density at radius 2 is 1.90 bits per heavy atom. The van der Waals surface area contributed by atoms with Crippen LogP contribution in [0.15, 0.2) is 48.5 Å². The summed E-state index contributed by atoms with van der Waals surface area (Å²) >= 11 is 6.28. The number of nitrogens with two attached hydrogens (primary N) is 1. The zero-order chi connectivity index (χ0) is 14.8. The lowest BCUT2D eigenvalue weighted by Gasteiger charge is -2.08. The molecule has 0 bridgehead atoms. The molecule has 1 heterocycles. The van der Waals surface area contributed by atoms with Crippen molar-refractivity contribution in [2.45, 2.75) is 13.0 Å². The number of halogens is 1. The largest absolute Gasteiger partial charge is 0.324 e. The van der Waals surface area contributed by atoms with Crippen molar-refractivity contribution in [3.05, 3.63) is 59.1 Å². The van der Waals surface area contributed by atoms with Crippen LogP contribution in [0.4, 0.5) is 0 Å². The van der Waals surface area contributed by atoms with Crippen LogP contribution >= 0.6 is 11.6 Å². The molecule has 0 aliphatic heterocycles. The van der Waals surface area contributed by atoms with E-state index in [-0.39, 0.29) is 6.04 Å². The van der Waals surface area contributed by atoms with Crippen molar-refractivity contribution in [2.75, 3.05) is 0 Å². The quantitative estimate of drug-likeness (QED) is 0.807. The molecular weight excluding hydrogens is 286 g/mol. The number of aromatic nitrogens is 4. The number of hydrogen-bond donors (Lipinski definition) is 1. The lowest BCUT2D eigenvalue weighted by atomic mass is 10.1. The first-order chi connectivity index (χ1) is 10.1. The zero-order valence-corrected chi connectivity index (χ0v) is 12.2. The summed E-state index contributed by atoms with van der Waals surface area (Å²) in [7, 11) is 0. The number of benzene rings is 2. The molecule has 0 aliphatic rings. The summed E-state index contributed by atoms with van der Waals surface area (Å²) in [5.74, 6) is 0.558. The molecule has 2 N–H and O–H groups in total. The summed E-state index contributed by atoms with van der Waals surface area (Å²) in [6.07, 6.45) is 0.